The summed E-state index contributed by atoms with van der Waals surface area (Å²) < 4.78 is 27.2. The first-order chi connectivity index (χ1) is 11.4. The van der Waals surface area contributed by atoms with Crippen LogP contribution in [0.25, 0.3) is 0 Å². The minimum absolute atomic E-state index is 0.0178. The summed E-state index contributed by atoms with van der Waals surface area (Å²) in [6.07, 6.45) is 1.64. The molecule has 0 aliphatic carbocycles. The minimum atomic E-state index is -3.65. The Morgan fingerprint density at radius 2 is 1.79 bits per heavy atom. The van der Waals surface area contributed by atoms with Gasteiger partial charge in [-0.25, -0.2) is 8.42 Å². The van der Waals surface area contributed by atoms with Gasteiger partial charge in [-0.3, -0.25) is 0 Å². The fourth-order valence-corrected chi connectivity index (χ4v) is 4.67. The molecule has 0 aromatic heterocycles. The maximum atomic E-state index is 12.9. The first-order valence-corrected chi connectivity index (χ1v) is 9.29. The fraction of sp³-hybridized carbons (Fsp3) is 0.263. The van der Waals surface area contributed by atoms with Crippen LogP contribution < -0.4 is 0 Å². The van der Waals surface area contributed by atoms with E-state index in [0.29, 0.717) is 5.56 Å². The first kappa shape index (κ1) is 16.9. The minimum Gasteiger partial charge on any atom is -0.383 e. The van der Waals surface area contributed by atoms with Gasteiger partial charge in [0, 0.05) is 19.0 Å². The molecule has 1 N–H and O–H groups in total. The topological polar surface area (TPSA) is 57.6 Å². The molecule has 4 nitrogen and oxygen atoms in total. The van der Waals surface area contributed by atoms with E-state index in [1.807, 2.05) is 37.3 Å². The van der Waals surface area contributed by atoms with Gasteiger partial charge in [0.2, 0.25) is 10.0 Å². The molecule has 2 atom stereocenters. The third-order valence-electron chi connectivity index (χ3n) is 4.65. The van der Waals surface area contributed by atoms with E-state index in [0.717, 1.165) is 5.56 Å². The average Bonchev–Trinajstić information content (AvgIpc) is 2.95. The van der Waals surface area contributed by atoms with Crippen LogP contribution in [0.2, 0.25) is 0 Å². The van der Waals surface area contributed by atoms with Crippen molar-refractivity contribution in [3.05, 3.63) is 78.4 Å². The predicted octanol–water partition coefficient (Wildman–Crippen LogP) is 2.69. The first-order valence-electron chi connectivity index (χ1n) is 7.85. The van der Waals surface area contributed by atoms with Crippen LogP contribution in [-0.2, 0) is 15.6 Å². The number of aryl methyl sites for hydroxylation is 1. The van der Waals surface area contributed by atoms with Crippen molar-refractivity contribution in [3.8, 4) is 0 Å². The second-order valence-electron chi connectivity index (χ2n) is 6.24. The third kappa shape index (κ3) is 2.79. The van der Waals surface area contributed by atoms with Gasteiger partial charge >= 0.3 is 0 Å². The molecule has 1 heterocycles. The number of hydrogen-bond donors (Lipinski definition) is 1. The van der Waals surface area contributed by atoms with Crippen molar-refractivity contribution in [3.63, 3.8) is 0 Å². The SMILES string of the molecule is C=C[C@H]1CN(S(=O)(=O)c2ccc(C)cc2)C[C@]1(O)c1ccccc1. The van der Waals surface area contributed by atoms with Crippen molar-refractivity contribution in [2.24, 2.45) is 5.92 Å². The molecule has 126 valence electrons. The second-order valence-corrected chi connectivity index (χ2v) is 8.18. The molecule has 2 aromatic rings. The molecule has 0 amide bonds. The van der Waals surface area contributed by atoms with Crippen LogP contribution in [0, 0.1) is 12.8 Å². The lowest BCUT2D eigenvalue weighted by molar-refractivity contribution is 0.0265. The Labute approximate surface area is 143 Å². The maximum Gasteiger partial charge on any atom is 0.243 e. The lowest BCUT2D eigenvalue weighted by atomic mass is 9.84. The normalized spacial score (nSPS) is 24.8. The summed E-state index contributed by atoms with van der Waals surface area (Å²) in [6.45, 7) is 5.93. The van der Waals surface area contributed by atoms with Crippen molar-refractivity contribution in [2.75, 3.05) is 13.1 Å². The summed E-state index contributed by atoms with van der Waals surface area (Å²) in [4.78, 5) is 0.244. The zero-order chi connectivity index (χ0) is 17.4. The number of sulfonamides is 1. The van der Waals surface area contributed by atoms with Gasteiger partial charge < -0.3 is 5.11 Å². The van der Waals surface area contributed by atoms with Crippen molar-refractivity contribution in [1.82, 2.24) is 4.31 Å². The largest absolute Gasteiger partial charge is 0.383 e. The van der Waals surface area contributed by atoms with Crippen LogP contribution in [0.4, 0.5) is 0 Å². The molecule has 2 aromatic carbocycles. The zero-order valence-electron chi connectivity index (χ0n) is 13.6. The van der Waals surface area contributed by atoms with Gasteiger partial charge in [0.05, 0.1) is 4.90 Å². The van der Waals surface area contributed by atoms with Gasteiger partial charge in [-0.05, 0) is 24.6 Å². The Morgan fingerprint density at radius 1 is 1.17 bits per heavy atom. The summed E-state index contributed by atoms with van der Waals surface area (Å²) in [5.41, 5.74) is 0.442. The Balaban J connectivity index is 1.97. The van der Waals surface area contributed by atoms with Crippen LogP contribution in [0.15, 0.2) is 72.1 Å². The van der Waals surface area contributed by atoms with Crippen molar-refractivity contribution >= 4 is 10.0 Å². The van der Waals surface area contributed by atoms with E-state index in [2.05, 4.69) is 6.58 Å². The van der Waals surface area contributed by atoms with Crippen LogP contribution >= 0.6 is 0 Å². The van der Waals surface area contributed by atoms with Crippen LogP contribution in [0.1, 0.15) is 11.1 Å². The van der Waals surface area contributed by atoms with E-state index in [1.54, 1.807) is 30.3 Å². The van der Waals surface area contributed by atoms with Gasteiger partial charge in [0.25, 0.3) is 0 Å². The molecule has 0 bridgehead atoms. The van der Waals surface area contributed by atoms with Crippen LogP contribution in [-0.4, -0.2) is 30.9 Å². The van der Waals surface area contributed by atoms with E-state index in [-0.39, 0.29) is 23.9 Å². The van der Waals surface area contributed by atoms with E-state index >= 15 is 0 Å². The fourth-order valence-electron chi connectivity index (χ4n) is 3.17. The number of rotatable bonds is 4. The number of hydrogen-bond acceptors (Lipinski definition) is 3. The highest BCUT2D eigenvalue weighted by molar-refractivity contribution is 7.89. The van der Waals surface area contributed by atoms with Crippen molar-refractivity contribution < 1.29 is 13.5 Å². The van der Waals surface area contributed by atoms with E-state index in [9.17, 15) is 13.5 Å². The van der Waals surface area contributed by atoms with Gasteiger partial charge in [-0.1, -0.05) is 54.1 Å². The summed E-state index contributed by atoms with van der Waals surface area (Å²) in [6, 6.07) is 15.9. The monoisotopic (exact) mass is 343 g/mol. The highest BCUT2D eigenvalue weighted by atomic mass is 32.2. The van der Waals surface area contributed by atoms with Gasteiger partial charge in [0.15, 0.2) is 0 Å². The van der Waals surface area contributed by atoms with Gasteiger partial charge in [-0.2, -0.15) is 4.31 Å². The summed E-state index contributed by atoms with van der Waals surface area (Å²) in [5, 5.41) is 11.2. The molecule has 3 rings (SSSR count). The molecule has 0 radical (unpaired) electrons. The maximum absolute atomic E-state index is 12.9. The van der Waals surface area contributed by atoms with E-state index in [1.165, 1.54) is 4.31 Å². The molecule has 0 spiro atoms. The molecule has 1 aliphatic rings. The van der Waals surface area contributed by atoms with E-state index in [4.69, 9.17) is 0 Å². The quantitative estimate of drug-likeness (QED) is 0.869. The highest BCUT2D eigenvalue weighted by Gasteiger charge is 2.48. The Bertz CT molecular complexity index is 831. The molecule has 1 fully saturated rings. The molecule has 1 aliphatic heterocycles. The Morgan fingerprint density at radius 3 is 2.38 bits per heavy atom. The number of nitrogens with zero attached hydrogens (tertiary/aromatic N) is 1. The highest BCUT2D eigenvalue weighted by Crippen LogP contribution is 2.39. The molecular weight excluding hydrogens is 322 g/mol. The Kier molecular flexibility index (Phi) is 4.34. The molecule has 0 saturated carbocycles. The third-order valence-corrected chi connectivity index (χ3v) is 6.47. The standard InChI is InChI=1S/C19H21NO3S/c1-3-16-13-20(14-19(16,21)17-7-5-4-6-8-17)24(22,23)18-11-9-15(2)10-12-18/h3-12,16,21H,1,13-14H2,2H3/t16-,19+/m0/s1. The summed E-state index contributed by atoms with van der Waals surface area (Å²) in [5.74, 6) is -0.361. The predicted molar refractivity (Wildman–Crippen MR) is 94.0 cm³/mol. The lowest BCUT2D eigenvalue weighted by Crippen LogP contribution is -2.36. The van der Waals surface area contributed by atoms with Gasteiger partial charge in [0.1, 0.15) is 5.60 Å². The van der Waals surface area contributed by atoms with E-state index < -0.39 is 15.6 Å². The molecule has 0 unspecified atom stereocenters. The van der Waals surface area contributed by atoms with Crippen molar-refractivity contribution in [2.45, 2.75) is 17.4 Å². The van der Waals surface area contributed by atoms with Gasteiger partial charge in [-0.15, -0.1) is 6.58 Å². The van der Waals surface area contributed by atoms with Crippen molar-refractivity contribution in [1.29, 1.82) is 0 Å². The molecular formula is C19H21NO3S. The second kappa shape index (κ2) is 6.16. The smallest absolute Gasteiger partial charge is 0.243 e. The molecule has 24 heavy (non-hydrogen) atoms. The molecule has 1 saturated heterocycles. The molecule has 5 heteroatoms. The number of benzene rings is 2. The average molecular weight is 343 g/mol. The summed E-state index contributed by atoms with van der Waals surface area (Å²) >= 11 is 0. The zero-order valence-corrected chi connectivity index (χ0v) is 14.4. The summed E-state index contributed by atoms with van der Waals surface area (Å²) in [7, 11) is -3.65. The lowest BCUT2D eigenvalue weighted by Gasteiger charge is -2.27. The van der Waals surface area contributed by atoms with Crippen LogP contribution in [0.5, 0.6) is 0 Å². The number of aliphatic hydroxyl groups is 1. The Hall–Kier alpha value is -1.95. The van der Waals surface area contributed by atoms with Crippen LogP contribution in [0.3, 0.4) is 0 Å². The number of β-amino-alcohol motifs (C(OH)–C–C–N with tert-alkyl or cyclic N) is 1.